The van der Waals surface area contributed by atoms with Gasteiger partial charge in [-0.15, -0.1) is 0 Å². The van der Waals surface area contributed by atoms with E-state index in [9.17, 15) is 8.42 Å². The van der Waals surface area contributed by atoms with E-state index < -0.39 is 10.4 Å². The number of unbranched alkanes of at least 4 members (excludes halogenated alkanes) is 9. The second kappa shape index (κ2) is 18.9. The van der Waals surface area contributed by atoms with Crippen molar-refractivity contribution in [1.82, 2.24) is 0 Å². The van der Waals surface area contributed by atoms with Gasteiger partial charge in [-0.2, -0.15) is 8.42 Å². The first-order valence-corrected chi connectivity index (χ1v) is 8.37. The maximum atomic E-state index is 9.33. The van der Waals surface area contributed by atoms with E-state index in [1.165, 1.54) is 64.2 Å². The molecule has 0 aliphatic rings. The Hall–Kier alpha value is 0.870. The summed E-state index contributed by atoms with van der Waals surface area (Å²) in [6, 6.07) is 0. The van der Waals surface area contributed by atoms with E-state index in [0.717, 1.165) is 7.11 Å². The molecule has 0 unspecified atom stereocenters. The molecule has 0 saturated carbocycles. The molecule has 0 rings (SSSR count). The summed E-state index contributed by atoms with van der Waals surface area (Å²) in [7, 11) is -3.29. The molecule has 0 spiro atoms. The summed E-state index contributed by atoms with van der Waals surface area (Å²) in [5.41, 5.74) is 0. The molecule has 19 heavy (non-hydrogen) atoms. The zero-order chi connectivity index (χ0) is 14.3. The fourth-order valence-electron chi connectivity index (χ4n) is 1.56. The van der Waals surface area contributed by atoms with Crippen LogP contribution in [0.4, 0.5) is 0 Å². The molecule has 0 atom stereocenters. The topological polar surface area (TPSA) is 63.6 Å². The molecule has 0 aromatic rings. The molecule has 0 bridgehead atoms. The van der Waals surface area contributed by atoms with E-state index in [-0.39, 0.29) is 29.6 Å². The van der Waals surface area contributed by atoms with Crippen LogP contribution < -0.4 is 0 Å². The van der Waals surface area contributed by atoms with Gasteiger partial charge in [0.05, 0.1) is 7.11 Å². The molecule has 1 N–H and O–H groups in total. The third-order valence-electron chi connectivity index (χ3n) is 2.67. The molecule has 0 fully saturated rings. The average molecular weight is 306 g/mol. The first kappa shape index (κ1) is 24.9. The molecule has 0 aliphatic carbocycles. The Morgan fingerprint density at radius 3 is 1.16 bits per heavy atom. The van der Waals surface area contributed by atoms with Gasteiger partial charge in [0.2, 0.25) is 0 Å². The quantitative estimate of drug-likeness (QED) is 0.379. The van der Waals surface area contributed by atoms with E-state index in [4.69, 9.17) is 4.55 Å². The standard InChI is InChI=1S/C12H26.CH4O4S.Na.H/c1-3-5-7-9-11-12-10-8-6-4-2;1-5-6(2,3)4;;/h3-12H2,1-2H3;1H3,(H,2,3,4);;. The van der Waals surface area contributed by atoms with Crippen LogP contribution >= 0.6 is 0 Å². The van der Waals surface area contributed by atoms with E-state index in [1.807, 2.05) is 0 Å². The van der Waals surface area contributed by atoms with Crippen LogP contribution in [0.3, 0.4) is 0 Å². The number of hydrogen-bond acceptors (Lipinski definition) is 3. The van der Waals surface area contributed by atoms with E-state index in [1.54, 1.807) is 0 Å². The second-order valence-electron chi connectivity index (χ2n) is 4.42. The van der Waals surface area contributed by atoms with Crippen LogP contribution in [0.2, 0.25) is 0 Å². The summed E-state index contributed by atoms with van der Waals surface area (Å²) in [4.78, 5) is 0. The number of hydrogen-bond donors (Lipinski definition) is 1. The van der Waals surface area contributed by atoms with Crippen molar-refractivity contribution in [2.24, 2.45) is 0 Å². The summed E-state index contributed by atoms with van der Waals surface area (Å²) in [6.45, 7) is 4.56. The van der Waals surface area contributed by atoms with Crippen LogP contribution in [0.25, 0.3) is 0 Å². The van der Waals surface area contributed by atoms with Crippen LogP contribution in [-0.4, -0.2) is 49.6 Å². The van der Waals surface area contributed by atoms with Gasteiger partial charge in [-0.3, -0.25) is 8.74 Å². The molecule has 0 radical (unpaired) electrons. The Morgan fingerprint density at radius 2 is 1.00 bits per heavy atom. The first-order chi connectivity index (χ1) is 8.47. The van der Waals surface area contributed by atoms with Crippen molar-refractivity contribution in [3.8, 4) is 0 Å². The monoisotopic (exact) mass is 306 g/mol. The van der Waals surface area contributed by atoms with Gasteiger partial charge in [-0.05, 0) is 0 Å². The normalized spacial score (nSPS) is 10.3. The second-order valence-corrected chi connectivity index (χ2v) is 5.61. The van der Waals surface area contributed by atoms with Gasteiger partial charge in [0.15, 0.2) is 0 Å². The Bertz CT molecular complexity index is 233. The minimum atomic E-state index is -4.16. The molecule has 0 heterocycles. The summed E-state index contributed by atoms with van der Waals surface area (Å²) in [5.74, 6) is 0. The van der Waals surface area contributed by atoms with Crippen LogP contribution in [0, 0.1) is 0 Å². The fraction of sp³-hybridized carbons (Fsp3) is 1.00. The van der Waals surface area contributed by atoms with Gasteiger partial charge < -0.3 is 0 Å². The van der Waals surface area contributed by atoms with Crippen LogP contribution in [0.5, 0.6) is 0 Å². The van der Waals surface area contributed by atoms with Gasteiger partial charge in [-0.1, -0.05) is 78.1 Å². The molecule has 4 nitrogen and oxygen atoms in total. The minimum absolute atomic E-state index is 0. The molecule has 0 aliphatic heterocycles. The molecule has 6 heteroatoms. The van der Waals surface area contributed by atoms with Gasteiger partial charge in [0, 0.05) is 0 Å². The van der Waals surface area contributed by atoms with Gasteiger partial charge in [0.1, 0.15) is 0 Å². The van der Waals surface area contributed by atoms with Crippen molar-refractivity contribution >= 4 is 40.0 Å². The Kier molecular flexibility index (Phi) is 24.7. The molecular weight excluding hydrogens is 275 g/mol. The van der Waals surface area contributed by atoms with Gasteiger partial charge in [-0.25, -0.2) is 0 Å². The number of rotatable bonds is 10. The summed E-state index contributed by atoms with van der Waals surface area (Å²) < 4.78 is 29.7. The Labute approximate surface area is 141 Å². The van der Waals surface area contributed by atoms with Crippen LogP contribution in [0.1, 0.15) is 78.1 Å². The maximum absolute atomic E-state index is 9.33. The van der Waals surface area contributed by atoms with E-state index in [0.29, 0.717) is 0 Å². The molecular formula is C13H31NaO4S. The first-order valence-electron chi connectivity index (χ1n) is 7.01. The predicted octanol–water partition coefficient (Wildman–Crippen LogP) is 3.71. The fourth-order valence-corrected chi connectivity index (χ4v) is 1.56. The van der Waals surface area contributed by atoms with Crippen LogP contribution in [-0.2, 0) is 14.6 Å². The van der Waals surface area contributed by atoms with Crippen molar-refractivity contribution in [2.75, 3.05) is 7.11 Å². The predicted molar refractivity (Wildman–Crippen MR) is 83.2 cm³/mol. The van der Waals surface area contributed by atoms with Crippen molar-refractivity contribution in [3.63, 3.8) is 0 Å². The SMILES string of the molecule is CCCCCCCCCCCC.COS(=O)(=O)O.[NaH]. The van der Waals surface area contributed by atoms with Crippen molar-refractivity contribution in [3.05, 3.63) is 0 Å². The molecule has 0 saturated heterocycles. The third-order valence-corrected chi connectivity index (χ3v) is 3.09. The molecule has 0 amide bonds. The summed E-state index contributed by atoms with van der Waals surface area (Å²) in [5, 5.41) is 0. The zero-order valence-electron chi connectivity index (χ0n) is 12.2. The van der Waals surface area contributed by atoms with Crippen molar-refractivity contribution in [2.45, 2.75) is 78.1 Å². The molecule has 114 valence electrons. The van der Waals surface area contributed by atoms with Crippen molar-refractivity contribution < 1.29 is 17.2 Å². The van der Waals surface area contributed by atoms with E-state index in [2.05, 4.69) is 18.0 Å². The Morgan fingerprint density at radius 1 is 0.789 bits per heavy atom. The Balaban J connectivity index is -0.000000313. The van der Waals surface area contributed by atoms with Gasteiger partial charge >= 0.3 is 40.0 Å². The van der Waals surface area contributed by atoms with Crippen molar-refractivity contribution in [1.29, 1.82) is 0 Å². The molecule has 0 aromatic heterocycles. The summed E-state index contributed by atoms with van der Waals surface area (Å²) >= 11 is 0. The molecule has 0 aromatic carbocycles. The summed E-state index contributed by atoms with van der Waals surface area (Å²) in [6.07, 6.45) is 14.4. The van der Waals surface area contributed by atoms with Gasteiger partial charge in [0.25, 0.3) is 0 Å². The zero-order valence-corrected chi connectivity index (χ0v) is 13.0. The average Bonchev–Trinajstić information content (AvgIpc) is 2.33. The third kappa shape index (κ3) is 32.4. The van der Waals surface area contributed by atoms with Crippen LogP contribution in [0.15, 0.2) is 0 Å². The van der Waals surface area contributed by atoms with E-state index >= 15 is 0 Å².